The van der Waals surface area contributed by atoms with Crippen LogP contribution in [0.2, 0.25) is 0 Å². The lowest BCUT2D eigenvalue weighted by Crippen LogP contribution is -2.84. The van der Waals surface area contributed by atoms with E-state index in [9.17, 15) is 38.7 Å². The van der Waals surface area contributed by atoms with Crippen LogP contribution in [0, 0.1) is 39.4 Å². The Kier molecular flexibility index (Phi) is 9.88. The van der Waals surface area contributed by atoms with E-state index in [0.717, 1.165) is 21.0 Å². The molecule has 1 unspecified atom stereocenters. The zero-order valence-corrected chi connectivity index (χ0v) is 33.5. The van der Waals surface area contributed by atoms with Gasteiger partial charge in [0.15, 0.2) is 12.2 Å². The Labute approximate surface area is 324 Å². The van der Waals surface area contributed by atoms with Crippen molar-refractivity contribution in [3.05, 3.63) is 24.3 Å². The number of ether oxygens (including phenoxy) is 8. The quantitative estimate of drug-likeness (QED) is 0.170. The molecule has 0 spiro atoms. The number of hydrogen-bond donors (Lipinski definition) is 1. The van der Waals surface area contributed by atoms with Crippen molar-refractivity contribution in [1.29, 1.82) is 0 Å². The van der Waals surface area contributed by atoms with Crippen molar-refractivity contribution in [3.63, 3.8) is 0 Å². The van der Waals surface area contributed by atoms with Gasteiger partial charge in [-0.2, -0.15) is 0 Å². The zero-order valence-electron chi connectivity index (χ0n) is 33.5. The molecule has 0 bridgehead atoms. The fraction of sp³-hybridized carbons (Fsp3) is 0.725. The maximum atomic E-state index is 13.9. The van der Waals surface area contributed by atoms with Crippen molar-refractivity contribution in [2.75, 3.05) is 13.7 Å². The highest BCUT2D eigenvalue weighted by Crippen LogP contribution is 2.78. The third-order valence-corrected chi connectivity index (χ3v) is 14.4. The van der Waals surface area contributed by atoms with Crippen molar-refractivity contribution in [2.45, 2.75) is 129 Å². The number of allylic oxidation sites excluding steroid dienone is 1. The van der Waals surface area contributed by atoms with Gasteiger partial charge in [-0.15, -0.1) is 0 Å². The molecule has 0 aromatic carbocycles. The Bertz CT molecular complexity index is 1800. The van der Waals surface area contributed by atoms with E-state index < -0.39 is 136 Å². The van der Waals surface area contributed by atoms with E-state index in [2.05, 4.69) is 6.58 Å². The number of cyclic esters (lactones) is 1. The number of rotatable bonds is 7. The van der Waals surface area contributed by atoms with Crippen molar-refractivity contribution in [1.82, 2.24) is 0 Å². The fourth-order valence-electron chi connectivity index (χ4n) is 12.6. The summed E-state index contributed by atoms with van der Waals surface area (Å²) in [4.78, 5) is 92.7. The molecule has 2 aliphatic heterocycles. The fourth-order valence-corrected chi connectivity index (χ4v) is 12.6. The van der Waals surface area contributed by atoms with E-state index in [-0.39, 0.29) is 19.3 Å². The Morgan fingerprint density at radius 1 is 0.875 bits per heavy atom. The molecule has 2 heterocycles. The molecule has 15 atom stereocenters. The largest absolute Gasteiger partial charge is 0.467 e. The topological polar surface area (TPSA) is 217 Å². The van der Waals surface area contributed by atoms with Crippen LogP contribution in [0.5, 0.6) is 0 Å². The van der Waals surface area contributed by atoms with Crippen LogP contribution in [-0.2, 0) is 71.5 Å². The first-order valence-corrected chi connectivity index (χ1v) is 18.8. The maximum Gasteiger partial charge on any atom is 0.342 e. The van der Waals surface area contributed by atoms with E-state index in [1.54, 1.807) is 26.8 Å². The number of aliphatic hydroxyl groups is 1. The summed E-state index contributed by atoms with van der Waals surface area (Å²) in [6, 6.07) is 0. The summed E-state index contributed by atoms with van der Waals surface area (Å²) in [5.41, 5.74) is -9.66. The molecule has 6 rings (SSSR count). The number of carbonyl (C=O) groups is 7. The lowest BCUT2D eigenvalue weighted by atomic mass is 9.31. The van der Waals surface area contributed by atoms with Crippen LogP contribution in [0.15, 0.2) is 24.3 Å². The van der Waals surface area contributed by atoms with E-state index in [1.807, 2.05) is 6.92 Å². The highest BCUT2D eigenvalue weighted by molar-refractivity contribution is 5.87. The molecule has 0 aromatic rings. The van der Waals surface area contributed by atoms with E-state index in [1.165, 1.54) is 26.8 Å². The van der Waals surface area contributed by atoms with Gasteiger partial charge in [-0.1, -0.05) is 26.5 Å². The SMILES string of the molecule is C=C1C[C@@]2(O)[C@@H]3CC[C@@]4(C)[C@@H]5C=CC(=O)OC[C@]5(C(C)OC(C)=O)[C@@H](OC(C)=O)[C@@H](OC(C)=O)[C@@H]4[C@@]3(C)[C@H](OC(C)=O)[C@H](OC(C)=O)[C@@]2(C)[C@]2(C(=O)OC)O[C@H]12. The maximum absolute atomic E-state index is 13.9. The molecule has 4 aliphatic carbocycles. The molecule has 6 aliphatic rings. The van der Waals surface area contributed by atoms with Crippen LogP contribution in [-0.4, -0.2) is 108 Å². The number of epoxide rings is 1. The normalized spacial score (nSPS) is 44.9. The number of methoxy groups -OCH3 is 1. The summed E-state index contributed by atoms with van der Waals surface area (Å²) >= 11 is 0. The van der Waals surface area contributed by atoms with Crippen LogP contribution < -0.4 is 0 Å². The predicted molar refractivity (Wildman–Crippen MR) is 188 cm³/mol. The Morgan fingerprint density at radius 3 is 2.00 bits per heavy atom. The molecule has 0 aromatic heterocycles. The van der Waals surface area contributed by atoms with E-state index in [0.29, 0.717) is 5.57 Å². The summed E-state index contributed by atoms with van der Waals surface area (Å²) < 4.78 is 47.9. The summed E-state index contributed by atoms with van der Waals surface area (Å²) in [5.74, 6) is -8.32. The van der Waals surface area contributed by atoms with E-state index in [4.69, 9.17) is 37.9 Å². The van der Waals surface area contributed by atoms with Gasteiger partial charge in [0.05, 0.1) is 23.5 Å². The molecule has 56 heavy (non-hydrogen) atoms. The van der Waals surface area contributed by atoms with E-state index >= 15 is 0 Å². The Hall–Kier alpha value is -4.31. The van der Waals surface area contributed by atoms with Gasteiger partial charge < -0.3 is 43.0 Å². The average Bonchev–Trinajstić information content (AvgIpc) is 3.87. The smallest absolute Gasteiger partial charge is 0.342 e. The molecule has 16 nitrogen and oxygen atoms in total. The minimum absolute atomic E-state index is 0.133. The Balaban J connectivity index is 1.72. The standard InChI is InChI=1S/C40H52O16/c1-18-16-39(48)26-14-15-35(8)25-12-13-27(46)50-17-38(25,19(2)51-20(3)41)31(53-22(5)43)28(52-21(4)42)29(35)36(26,9)32(54-23(6)44)33(55-24(7)45)37(39,10)40(30(18)56-40)34(47)49-11/h12-13,19,25-26,28-33,48H,1,14-17H2,2-11H3/t19?,25-,26+,28-,29-,30+,31-,32+,33-,35-,36-,37+,38+,39+,40-/m0/s1. The van der Waals surface area contributed by atoms with Gasteiger partial charge in [-0.3, -0.25) is 24.0 Å². The summed E-state index contributed by atoms with van der Waals surface area (Å²) in [6.45, 7) is 16.4. The van der Waals surface area contributed by atoms with Crippen LogP contribution in [0.4, 0.5) is 0 Å². The summed E-state index contributed by atoms with van der Waals surface area (Å²) in [5, 5.41) is 13.6. The van der Waals surface area contributed by atoms with Gasteiger partial charge in [0.25, 0.3) is 0 Å². The van der Waals surface area contributed by atoms with Crippen LogP contribution in [0.1, 0.15) is 81.6 Å². The number of esters is 7. The number of hydrogen-bond acceptors (Lipinski definition) is 16. The molecule has 1 N–H and O–H groups in total. The minimum Gasteiger partial charge on any atom is -0.467 e. The third kappa shape index (κ3) is 5.33. The second-order valence-corrected chi connectivity index (χ2v) is 17.1. The van der Waals surface area contributed by atoms with Crippen LogP contribution in [0.3, 0.4) is 0 Å². The van der Waals surface area contributed by atoms with Crippen molar-refractivity contribution < 1.29 is 76.6 Å². The van der Waals surface area contributed by atoms with Gasteiger partial charge in [-0.25, -0.2) is 9.59 Å². The molecular weight excluding hydrogens is 736 g/mol. The first-order chi connectivity index (χ1) is 25.9. The highest BCUT2D eigenvalue weighted by atomic mass is 16.7. The molecule has 1 saturated heterocycles. The Morgan fingerprint density at radius 2 is 1.45 bits per heavy atom. The van der Waals surface area contributed by atoms with Gasteiger partial charge in [-0.05, 0) is 49.5 Å². The van der Waals surface area contributed by atoms with Gasteiger partial charge >= 0.3 is 41.8 Å². The molecule has 16 heteroatoms. The molecule has 0 radical (unpaired) electrons. The second-order valence-electron chi connectivity index (χ2n) is 17.1. The second kappa shape index (κ2) is 13.4. The molecule has 5 fully saturated rings. The highest BCUT2D eigenvalue weighted by Gasteiger charge is 2.91. The predicted octanol–water partition coefficient (Wildman–Crippen LogP) is 2.45. The molecule has 4 saturated carbocycles. The average molecular weight is 789 g/mol. The third-order valence-electron chi connectivity index (χ3n) is 14.4. The molecular formula is C40H52O16. The van der Waals surface area contributed by atoms with Gasteiger partial charge in [0.2, 0.25) is 5.60 Å². The van der Waals surface area contributed by atoms with Crippen molar-refractivity contribution in [3.8, 4) is 0 Å². The van der Waals surface area contributed by atoms with Gasteiger partial charge in [0.1, 0.15) is 31.0 Å². The van der Waals surface area contributed by atoms with Crippen LogP contribution >= 0.6 is 0 Å². The molecule has 308 valence electrons. The lowest BCUT2D eigenvalue weighted by Gasteiger charge is -2.74. The number of carbonyl (C=O) groups excluding carboxylic acids is 7. The summed E-state index contributed by atoms with van der Waals surface area (Å²) in [7, 11) is 1.16. The van der Waals surface area contributed by atoms with Crippen LogP contribution in [0.25, 0.3) is 0 Å². The number of fused-ring (bicyclic) bond motifs is 9. The molecule has 0 amide bonds. The first-order valence-electron chi connectivity index (χ1n) is 18.8. The minimum atomic E-state index is -2.01. The monoisotopic (exact) mass is 788 g/mol. The lowest BCUT2D eigenvalue weighted by molar-refractivity contribution is -0.357. The van der Waals surface area contributed by atoms with Crippen molar-refractivity contribution >= 4 is 41.8 Å². The summed E-state index contributed by atoms with van der Waals surface area (Å²) in [6.07, 6.45) is -4.94. The van der Waals surface area contributed by atoms with Gasteiger partial charge in [0, 0.05) is 58.4 Å². The first kappa shape index (κ1) is 41.3. The van der Waals surface area contributed by atoms with Crippen molar-refractivity contribution in [2.24, 2.45) is 39.4 Å². The zero-order chi connectivity index (χ0) is 41.7.